The van der Waals surface area contributed by atoms with Crippen molar-refractivity contribution >= 4 is 22.7 Å². The van der Waals surface area contributed by atoms with E-state index in [2.05, 4.69) is 36.5 Å². The van der Waals surface area contributed by atoms with Crippen molar-refractivity contribution in [2.24, 2.45) is 11.1 Å². The third-order valence-electron chi connectivity index (χ3n) is 4.82. The maximum absolute atomic E-state index is 13.0. The third-order valence-corrected chi connectivity index (χ3v) is 6.03. The summed E-state index contributed by atoms with van der Waals surface area (Å²) in [6.45, 7) is 6.18. The number of allylic oxidation sites excluding steroid dienone is 4. The topological polar surface area (TPSA) is 80.4 Å². The predicted molar refractivity (Wildman–Crippen MR) is 130 cm³/mol. The first-order valence-corrected chi connectivity index (χ1v) is 11.1. The van der Waals surface area contributed by atoms with Gasteiger partial charge in [0.1, 0.15) is 5.25 Å². The van der Waals surface area contributed by atoms with Gasteiger partial charge in [-0.3, -0.25) is 10.2 Å². The van der Waals surface area contributed by atoms with E-state index in [1.54, 1.807) is 0 Å². The highest BCUT2D eigenvalue weighted by Gasteiger charge is 2.25. The molecule has 0 fully saturated rings. The van der Waals surface area contributed by atoms with Gasteiger partial charge in [0.25, 0.3) is 0 Å². The average Bonchev–Trinajstić information content (AvgIpc) is 2.78. The van der Waals surface area contributed by atoms with Crippen LogP contribution in [-0.2, 0) is 0 Å². The minimum Gasteiger partial charge on any atom is -0.293 e. The van der Waals surface area contributed by atoms with Gasteiger partial charge in [-0.15, -0.1) is 0 Å². The zero-order valence-corrected chi connectivity index (χ0v) is 19.3. The van der Waals surface area contributed by atoms with Gasteiger partial charge < -0.3 is 0 Å². The van der Waals surface area contributed by atoms with E-state index < -0.39 is 5.25 Å². The molecule has 0 bridgehead atoms. The maximum Gasteiger partial charge on any atom is 0.180 e. The highest BCUT2D eigenvalue weighted by Crippen LogP contribution is 2.34. The van der Waals surface area contributed by atoms with Crippen LogP contribution in [0.1, 0.15) is 45.6 Å². The summed E-state index contributed by atoms with van der Waals surface area (Å²) >= 11 is 1.09. The summed E-state index contributed by atoms with van der Waals surface area (Å²) in [4.78, 5) is 13.0. The first kappa shape index (κ1) is 24.3. The number of thioether (sulfide) groups is 1. The number of ketones is 1. The number of carbonyl (C=O) groups is 1. The summed E-state index contributed by atoms with van der Waals surface area (Å²) in [6, 6.07) is 15.1. The summed E-state index contributed by atoms with van der Waals surface area (Å²) in [7, 11) is 1.52. The molecule has 3 rings (SSSR count). The Morgan fingerprint density at radius 3 is 2.10 bits per heavy atom. The molecule has 0 spiro atoms. The lowest BCUT2D eigenvalue weighted by Crippen LogP contribution is -2.20. The summed E-state index contributed by atoms with van der Waals surface area (Å²) in [5.41, 5.74) is 10.7. The molecule has 2 atom stereocenters. The molecule has 2 unspecified atom stereocenters. The van der Waals surface area contributed by atoms with Gasteiger partial charge in [0.15, 0.2) is 11.0 Å². The van der Waals surface area contributed by atoms with Crippen LogP contribution in [0.25, 0.3) is 0 Å². The molecule has 0 saturated heterocycles. The van der Waals surface area contributed by atoms with E-state index in [1.807, 2.05) is 62.4 Å². The lowest BCUT2D eigenvalue weighted by molar-refractivity contribution is 0.0989. The number of hydrogen-bond acceptors (Lipinski definition) is 5. The van der Waals surface area contributed by atoms with Gasteiger partial charge >= 0.3 is 0 Å². The van der Waals surface area contributed by atoms with E-state index >= 15 is 0 Å². The Morgan fingerprint density at radius 1 is 1.06 bits per heavy atom. The SMILES string of the molecule is CC1C=CC=CC1.Cc1ccc(C(=O)C(SC(=N)N(C)N=N)c2ccc(C)cc2)cc1. The smallest absolute Gasteiger partial charge is 0.180 e. The minimum atomic E-state index is -0.551. The normalized spacial score (nSPS) is 15.4. The second-order valence-corrected chi connectivity index (χ2v) is 8.69. The second-order valence-electron chi connectivity index (χ2n) is 7.59. The summed E-state index contributed by atoms with van der Waals surface area (Å²) in [6.07, 6.45) is 9.84. The van der Waals surface area contributed by atoms with Crippen molar-refractivity contribution in [3.05, 3.63) is 95.1 Å². The van der Waals surface area contributed by atoms with Crippen molar-refractivity contribution in [2.45, 2.75) is 32.4 Å². The number of carbonyl (C=O) groups excluding carboxylic acids is 1. The van der Waals surface area contributed by atoms with E-state index in [-0.39, 0.29) is 11.0 Å². The first-order valence-electron chi connectivity index (χ1n) is 10.2. The largest absolute Gasteiger partial charge is 0.293 e. The Kier molecular flexibility index (Phi) is 9.40. The molecule has 1 aliphatic rings. The summed E-state index contributed by atoms with van der Waals surface area (Å²) in [5.74, 6) is 0.706. The van der Waals surface area contributed by atoms with Crippen molar-refractivity contribution in [3.63, 3.8) is 0 Å². The molecule has 162 valence electrons. The minimum absolute atomic E-state index is 0.0519. The zero-order valence-electron chi connectivity index (χ0n) is 18.5. The van der Waals surface area contributed by atoms with E-state index in [9.17, 15) is 4.79 Å². The molecular formula is C25H30N4OS. The molecule has 6 heteroatoms. The average molecular weight is 435 g/mol. The van der Waals surface area contributed by atoms with Crippen LogP contribution >= 0.6 is 11.8 Å². The standard InChI is InChI=1S/C18H20N4OS.C7H10/c1-12-4-8-14(9-5-12)16(23)17(24-18(19)22(3)21-20)15-10-6-13(2)7-11-15;1-7-5-3-2-4-6-7/h4-11,17,19-20H,1-3H3;2-5,7H,6H2,1H3. The van der Waals surface area contributed by atoms with E-state index in [4.69, 9.17) is 10.9 Å². The van der Waals surface area contributed by atoms with Crippen LogP contribution in [0, 0.1) is 30.7 Å². The predicted octanol–water partition coefficient (Wildman–Crippen LogP) is 6.91. The Hall–Kier alpha value is -2.99. The molecule has 2 N–H and O–H groups in total. The fourth-order valence-corrected chi connectivity index (χ4v) is 3.77. The Morgan fingerprint density at radius 2 is 1.65 bits per heavy atom. The number of hydrogen-bond donors (Lipinski definition) is 2. The van der Waals surface area contributed by atoms with Crippen molar-refractivity contribution in [1.82, 2.24) is 5.01 Å². The second kappa shape index (κ2) is 12.0. The highest BCUT2D eigenvalue weighted by atomic mass is 32.2. The quantitative estimate of drug-likeness (QED) is 0.176. The van der Waals surface area contributed by atoms with Crippen molar-refractivity contribution in [2.75, 3.05) is 7.05 Å². The molecule has 0 radical (unpaired) electrons. The van der Waals surface area contributed by atoms with E-state index in [0.29, 0.717) is 5.56 Å². The molecular weight excluding hydrogens is 404 g/mol. The van der Waals surface area contributed by atoms with Gasteiger partial charge in [-0.05, 0) is 31.7 Å². The van der Waals surface area contributed by atoms with Gasteiger partial charge in [0, 0.05) is 12.6 Å². The Balaban J connectivity index is 0.000000412. The summed E-state index contributed by atoms with van der Waals surface area (Å²) < 4.78 is 0. The number of nitrogens with zero attached hydrogens (tertiary/aromatic N) is 2. The van der Waals surface area contributed by atoms with Crippen LogP contribution < -0.4 is 0 Å². The third kappa shape index (κ3) is 7.64. The van der Waals surface area contributed by atoms with E-state index in [1.165, 1.54) is 13.5 Å². The van der Waals surface area contributed by atoms with Crippen molar-refractivity contribution in [3.8, 4) is 0 Å². The molecule has 0 aliphatic heterocycles. The molecule has 0 amide bonds. The van der Waals surface area contributed by atoms with Crippen molar-refractivity contribution < 1.29 is 4.79 Å². The molecule has 0 heterocycles. The van der Waals surface area contributed by atoms with Crippen LogP contribution in [0.3, 0.4) is 0 Å². The molecule has 31 heavy (non-hydrogen) atoms. The Labute approximate surface area is 189 Å². The number of nitrogens with one attached hydrogen (secondary N) is 2. The monoisotopic (exact) mass is 434 g/mol. The number of amidine groups is 1. The molecule has 5 nitrogen and oxygen atoms in total. The maximum atomic E-state index is 13.0. The number of benzene rings is 2. The van der Waals surface area contributed by atoms with Gasteiger partial charge in [0.2, 0.25) is 0 Å². The van der Waals surface area contributed by atoms with Gasteiger partial charge in [0.05, 0.1) is 0 Å². The number of rotatable bonds is 5. The number of Topliss-reactive ketones (excluding diaryl/α,β-unsaturated/α-hetero) is 1. The fourth-order valence-electron chi connectivity index (χ4n) is 2.82. The van der Waals surface area contributed by atoms with Gasteiger partial charge in [-0.1, -0.05) is 108 Å². The number of aryl methyl sites for hydroxylation is 2. The van der Waals surface area contributed by atoms with Crippen LogP contribution in [-0.4, -0.2) is 23.0 Å². The van der Waals surface area contributed by atoms with Crippen LogP contribution in [0.4, 0.5) is 0 Å². The molecule has 2 aromatic carbocycles. The van der Waals surface area contributed by atoms with E-state index in [0.717, 1.165) is 39.4 Å². The fraction of sp³-hybridized carbons (Fsp3) is 0.280. The zero-order chi connectivity index (χ0) is 22.8. The van der Waals surface area contributed by atoms with Gasteiger partial charge in [-0.25, -0.2) is 5.01 Å². The molecule has 2 aromatic rings. The summed E-state index contributed by atoms with van der Waals surface area (Å²) in [5, 5.41) is 11.9. The van der Waals surface area contributed by atoms with Crippen molar-refractivity contribution in [1.29, 1.82) is 10.9 Å². The van der Waals surface area contributed by atoms with Crippen LogP contribution in [0.15, 0.2) is 78.1 Å². The van der Waals surface area contributed by atoms with Crippen LogP contribution in [0.2, 0.25) is 0 Å². The van der Waals surface area contributed by atoms with Crippen LogP contribution in [0.5, 0.6) is 0 Å². The molecule has 0 aromatic heterocycles. The lowest BCUT2D eigenvalue weighted by Gasteiger charge is -2.19. The van der Waals surface area contributed by atoms with Gasteiger partial charge in [-0.2, -0.15) is 5.53 Å². The Bertz CT molecular complexity index is 948. The first-order chi connectivity index (χ1) is 14.8. The molecule has 1 aliphatic carbocycles. The lowest BCUT2D eigenvalue weighted by atomic mass is 10.0. The molecule has 0 saturated carbocycles. The highest BCUT2D eigenvalue weighted by molar-refractivity contribution is 8.14.